The van der Waals surface area contributed by atoms with Gasteiger partial charge in [-0.25, -0.2) is 9.59 Å². The van der Waals surface area contributed by atoms with E-state index >= 15 is 0 Å². The summed E-state index contributed by atoms with van der Waals surface area (Å²) in [5.74, 6) is -1.38. The van der Waals surface area contributed by atoms with Crippen LogP contribution in [0.2, 0.25) is 0 Å². The molecule has 7 heteroatoms. The van der Waals surface area contributed by atoms with E-state index in [0.29, 0.717) is 0 Å². The Morgan fingerprint density at radius 3 is 2.00 bits per heavy atom. The first-order chi connectivity index (χ1) is 7.60. The standard InChI is InChI=1S/C10H19N3O4/c1-10(2,8(15)16)13(5)9(17)11-6-7(14)12(3)4/h6H2,1-5H3,(H,11,17)(H,15,16). The molecule has 0 saturated carbocycles. The average Bonchev–Trinajstić information content (AvgIpc) is 2.23. The SMILES string of the molecule is CN(C)C(=O)CNC(=O)N(C)C(C)(C)C(=O)O. The second kappa shape index (κ2) is 5.51. The van der Waals surface area contributed by atoms with E-state index in [1.165, 1.54) is 25.8 Å². The third-order valence-corrected chi connectivity index (χ3v) is 2.56. The van der Waals surface area contributed by atoms with E-state index in [4.69, 9.17) is 5.11 Å². The van der Waals surface area contributed by atoms with Crippen LogP contribution in [0.15, 0.2) is 0 Å². The van der Waals surface area contributed by atoms with Crippen LogP contribution in [-0.4, -0.2) is 66.0 Å². The van der Waals surface area contributed by atoms with Gasteiger partial charge < -0.3 is 20.2 Å². The van der Waals surface area contributed by atoms with Crippen molar-refractivity contribution < 1.29 is 19.5 Å². The Kier molecular flexibility index (Phi) is 4.93. The van der Waals surface area contributed by atoms with Gasteiger partial charge in [-0.2, -0.15) is 0 Å². The molecule has 3 amide bonds. The zero-order chi connectivity index (χ0) is 13.8. The van der Waals surface area contributed by atoms with Crippen LogP contribution in [0.4, 0.5) is 4.79 Å². The monoisotopic (exact) mass is 245 g/mol. The highest BCUT2D eigenvalue weighted by molar-refractivity contribution is 5.88. The lowest BCUT2D eigenvalue weighted by atomic mass is 10.1. The first-order valence-corrected chi connectivity index (χ1v) is 5.06. The molecule has 7 nitrogen and oxygen atoms in total. The van der Waals surface area contributed by atoms with E-state index in [1.54, 1.807) is 14.1 Å². The zero-order valence-corrected chi connectivity index (χ0v) is 10.8. The first-order valence-electron chi connectivity index (χ1n) is 5.06. The predicted octanol–water partition coefficient (Wildman–Crippen LogP) is -0.421. The van der Waals surface area contributed by atoms with Gasteiger partial charge in [0.15, 0.2) is 0 Å². The minimum absolute atomic E-state index is 0.161. The molecule has 0 spiro atoms. The van der Waals surface area contributed by atoms with Crippen LogP contribution >= 0.6 is 0 Å². The minimum Gasteiger partial charge on any atom is -0.480 e. The number of hydrogen-bond donors (Lipinski definition) is 2. The van der Waals surface area contributed by atoms with E-state index in [2.05, 4.69) is 5.32 Å². The number of rotatable bonds is 4. The van der Waals surface area contributed by atoms with Crippen LogP contribution in [0.1, 0.15) is 13.8 Å². The van der Waals surface area contributed by atoms with Gasteiger partial charge in [-0.15, -0.1) is 0 Å². The van der Waals surface area contributed by atoms with Gasteiger partial charge in [0, 0.05) is 21.1 Å². The average molecular weight is 245 g/mol. The Bertz CT molecular complexity index is 326. The van der Waals surface area contributed by atoms with Crippen molar-refractivity contribution in [3.05, 3.63) is 0 Å². The fraction of sp³-hybridized carbons (Fsp3) is 0.700. The molecule has 0 radical (unpaired) electrons. The molecule has 2 N–H and O–H groups in total. The predicted molar refractivity (Wildman–Crippen MR) is 61.6 cm³/mol. The van der Waals surface area contributed by atoms with E-state index in [0.717, 1.165) is 4.90 Å². The molecule has 0 saturated heterocycles. The van der Waals surface area contributed by atoms with Crippen molar-refractivity contribution in [3.8, 4) is 0 Å². The Labute approximate surface area is 100 Å². The number of nitrogens with zero attached hydrogens (tertiary/aromatic N) is 2. The first kappa shape index (κ1) is 15.2. The molecule has 0 aliphatic carbocycles. The summed E-state index contributed by atoms with van der Waals surface area (Å²) in [5.41, 5.74) is -1.33. The van der Waals surface area contributed by atoms with Crippen LogP contribution in [0.5, 0.6) is 0 Å². The van der Waals surface area contributed by atoms with Crippen LogP contribution in [-0.2, 0) is 9.59 Å². The van der Waals surface area contributed by atoms with Crippen LogP contribution in [0.3, 0.4) is 0 Å². The zero-order valence-electron chi connectivity index (χ0n) is 10.8. The summed E-state index contributed by atoms with van der Waals surface area (Å²) in [6, 6.07) is -0.604. The number of carbonyl (C=O) groups excluding carboxylic acids is 2. The third kappa shape index (κ3) is 3.93. The summed E-state index contributed by atoms with van der Waals surface area (Å²) in [5, 5.41) is 11.3. The molecule has 0 aromatic heterocycles. The number of carboxylic acids is 1. The van der Waals surface area contributed by atoms with Gasteiger partial charge >= 0.3 is 12.0 Å². The lowest BCUT2D eigenvalue weighted by Crippen LogP contribution is -2.55. The topological polar surface area (TPSA) is 90.0 Å². The van der Waals surface area contributed by atoms with Crippen LogP contribution in [0, 0.1) is 0 Å². The molecular formula is C10H19N3O4. The van der Waals surface area contributed by atoms with E-state index in [9.17, 15) is 14.4 Å². The normalized spacial score (nSPS) is 10.6. The minimum atomic E-state index is -1.33. The van der Waals surface area contributed by atoms with Crippen molar-refractivity contribution in [1.82, 2.24) is 15.1 Å². The highest BCUT2D eigenvalue weighted by Crippen LogP contribution is 2.12. The van der Waals surface area contributed by atoms with Gasteiger partial charge in [-0.05, 0) is 13.8 Å². The molecule has 0 bridgehead atoms. The summed E-state index contributed by atoms with van der Waals surface area (Å²) < 4.78 is 0. The van der Waals surface area contributed by atoms with E-state index < -0.39 is 17.5 Å². The fourth-order valence-corrected chi connectivity index (χ4v) is 0.825. The number of hydrogen-bond acceptors (Lipinski definition) is 3. The van der Waals surface area contributed by atoms with Crippen molar-refractivity contribution in [1.29, 1.82) is 0 Å². The van der Waals surface area contributed by atoms with Gasteiger partial charge in [0.1, 0.15) is 5.54 Å². The van der Waals surface area contributed by atoms with Gasteiger partial charge in [0.25, 0.3) is 0 Å². The molecule has 0 rings (SSSR count). The molecule has 98 valence electrons. The number of aliphatic carboxylic acids is 1. The summed E-state index contributed by atoms with van der Waals surface area (Å²) in [7, 11) is 4.50. The summed E-state index contributed by atoms with van der Waals surface area (Å²) in [6.45, 7) is 2.65. The molecule has 0 fully saturated rings. The molecule has 0 aromatic carbocycles. The number of likely N-dealkylation sites (N-methyl/N-ethyl adjacent to an activating group) is 2. The number of amides is 3. The second-order valence-corrected chi connectivity index (χ2v) is 4.37. The molecule has 0 aliphatic rings. The molecule has 0 atom stereocenters. The summed E-state index contributed by atoms with van der Waals surface area (Å²) in [6.07, 6.45) is 0. The van der Waals surface area contributed by atoms with E-state index in [1.807, 2.05) is 0 Å². The maximum Gasteiger partial charge on any atom is 0.329 e. The van der Waals surface area contributed by atoms with E-state index in [-0.39, 0.29) is 12.5 Å². The maximum absolute atomic E-state index is 11.6. The maximum atomic E-state index is 11.6. The van der Waals surface area contributed by atoms with Crippen molar-refractivity contribution in [2.75, 3.05) is 27.7 Å². The third-order valence-electron chi connectivity index (χ3n) is 2.56. The smallest absolute Gasteiger partial charge is 0.329 e. The highest BCUT2D eigenvalue weighted by Gasteiger charge is 2.35. The second-order valence-electron chi connectivity index (χ2n) is 4.37. The number of nitrogens with one attached hydrogen (secondary N) is 1. The van der Waals surface area contributed by atoms with Gasteiger partial charge in [-0.3, -0.25) is 4.79 Å². The number of carbonyl (C=O) groups is 3. The fourth-order valence-electron chi connectivity index (χ4n) is 0.825. The molecule has 0 aromatic rings. The molecular weight excluding hydrogens is 226 g/mol. The largest absolute Gasteiger partial charge is 0.480 e. The summed E-state index contributed by atoms with van der Waals surface area (Å²) in [4.78, 5) is 36.1. The van der Waals surface area contributed by atoms with Gasteiger partial charge in [0.05, 0.1) is 6.54 Å². The number of carboxylic acid groups (broad SMARTS) is 1. The molecule has 0 aliphatic heterocycles. The quantitative estimate of drug-likeness (QED) is 0.704. The van der Waals surface area contributed by atoms with Crippen molar-refractivity contribution in [2.24, 2.45) is 0 Å². The van der Waals surface area contributed by atoms with Crippen molar-refractivity contribution in [3.63, 3.8) is 0 Å². The van der Waals surface area contributed by atoms with Gasteiger partial charge in [0.2, 0.25) is 5.91 Å². The summed E-state index contributed by atoms with van der Waals surface area (Å²) >= 11 is 0. The Hall–Kier alpha value is -1.79. The highest BCUT2D eigenvalue weighted by atomic mass is 16.4. The Balaban J connectivity index is 4.44. The molecule has 0 heterocycles. The Morgan fingerprint density at radius 1 is 1.18 bits per heavy atom. The van der Waals surface area contributed by atoms with Crippen LogP contribution in [0.25, 0.3) is 0 Å². The number of urea groups is 1. The molecule has 17 heavy (non-hydrogen) atoms. The molecule has 0 unspecified atom stereocenters. The van der Waals surface area contributed by atoms with Crippen molar-refractivity contribution in [2.45, 2.75) is 19.4 Å². The Morgan fingerprint density at radius 2 is 1.65 bits per heavy atom. The lowest BCUT2D eigenvalue weighted by Gasteiger charge is -2.31. The lowest BCUT2D eigenvalue weighted by molar-refractivity contribution is -0.146. The van der Waals surface area contributed by atoms with Crippen molar-refractivity contribution >= 4 is 17.9 Å². The van der Waals surface area contributed by atoms with Crippen LogP contribution < -0.4 is 5.32 Å². The van der Waals surface area contributed by atoms with Gasteiger partial charge in [-0.1, -0.05) is 0 Å².